The molecule has 1 fully saturated rings. The monoisotopic (exact) mass is 419 g/mol. The van der Waals surface area contributed by atoms with Gasteiger partial charge in [-0.3, -0.25) is 4.72 Å². The molecule has 9 heteroatoms. The summed E-state index contributed by atoms with van der Waals surface area (Å²) in [6.45, 7) is 1.01. The van der Waals surface area contributed by atoms with Gasteiger partial charge in [0.15, 0.2) is 0 Å². The lowest BCUT2D eigenvalue weighted by atomic mass is 10.2. The lowest BCUT2D eigenvalue weighted by molar-refractivity contribution is 0.346. The zero-order valence-corrected chi connectivity index (χ0v) is 16.8. The van der Waals surface area contributed by atoms with E-state index in [1.165, 1.54) is 28.6 Å². The molecule has 3 aromatic rings. The molecule has 7 nitrogen and oxygen atoms in total. The predicted octanol–water partition coefficient (Wildman–Crippen LogP) is 3.14. The number of aromatic nitrogens is 1. The van der Waals surface area contributed by atoms with Gasteiger partial charge in [-0.05, 0) is 55.3 Å². The Bertz CT molecular complexity index is 1190. The van der Waals surface area contributed by atoms with Crippen LogP contribution in [0.25, 0.3) is 10.9 Å². The average Bonchev–Trinajstić information content (AvgIpc) is 3.18. The van der Waals surface area contributed by atoms with Gasteiger partial charge in [-0.25, -0.2) is 16.8 Å². The summed E-state index contributed by atoms with van der Waals surface area (Å²) in [5.41, 5.74) is 1.28. The van der Waals surface area contributed by atoms with E-state index in [4.69, 9.17) is 0 Å². The molecule has 0 amide bonds. The Kier molecular flexibility index (Phi) is 4.90. The van der Waals surface area contributed by atoms with E-state index in [1.54, 1.807) is 24.4 Å². The first kappa shape index (κ1) is 19.0. The third-order valence-electron chi connectivity index (χ3n) is 4.93. The summed E-state index contributed by atoms with van der Waals surface area (Å²) in [6.07, 6.45) is 4.46. The molecular formula is C19H21N3O4S2. The van der Waals surface area contributed by atoms with Gasteiger partial charge in [-0.15, -0.1) is 0 Å². The number of anilines is 1. The summed E-state index contributed by atoms with van der Waals surface area (Å²) in [5.74, 6) is 0. The van der Waals surface area contributed by atoms with Crippen LogP contribution >= 0.6 is 0 Å². The number of fused-ring (bicyclic) bond motifs is 1. The first-order chi connectivity index (χ1) is 13.4. The number of rotatable bonds is 5. The van der Waals surface area contributed by atoms with Crippen LogP contribution in [-0.4, -0.2) is 39.2 Å². The summed E-state index contributed by atoms with van der Waals surface area (Å²) in [4.78, 5) is 3.16. The van der Waals surface area contributed by atoms with Crippen molar-refractivity contribution in [3.8, 4) is 0 Å². The van der Waals surface area contributed by atoms with Gasteiger partial charge in [0.25, 0.3) is 10.0 Å². The molecule has 0 atom stereocenters. The molecule has 0 spiro atoms. The summed E-state index contributed by atoms with van der Waals surface area (Å²) < 4.78 is 55.0. The maximum atomic E-state index is 12.7. The Morgan fingerprint density at radius 2 is 1.50 bits per heavy atom. The van der Waals surface area contributed by atoms with E-state index in [0.717, 1.165) is 30.2 Å². The number of hydrogen-bond acceptors (Lipinski definition) is 4. The first-order valence-electron chi connectivity index (χ1n) is 9.07. The molecule has 2 N–H and O–H groups in total. The summed E-state index contributed by atoms with van der Waals surface area (Å²) in [5, 5.41) is 0.760. The molecule has 4 rings (SSSR count). The van der Waals surface area contributed by atoms with Crippen LogP contribution in [0.3, 0.4) is 0 Å². The molecule has 28 heavy (non-hydrogen) atoms. The van der Waals surface area contributed by atoms with Crippen LogP contribution in [0.4, 0.5) is 5.69 Å². The number of H-pyrrole nitrogens is 1. The lowest BCUT2D eigenvalue weighted by Gasteiger charge is -2.25. The minimum absolute atomic E-state index is 0.0117. The van der Waals surface area contributed by atoms with E-state index in [-0.39, 0.29) is 9.79 Å². The van der Waals surface area contributed by atoms with Crippen molar-refractivity contribution in [3.05, 3.63) is 54.7 Å². The van der Waals surface area contributed by atoms with Crippen LogP contribution in [0, 0.1) is 0 Å². The fraction of sp³-hybridized carbons (Fsp3) is 0.263. The van der Waals surface area contributed by atoms with Gasteiger partial charge in [0.1, 0.15) is 0 Å². The van der Waals surface area contributed by atoms with Gasteiger partial charge in [-0.1, -0.05) is 12.5 Å². The lowest BCUT2D eigenvalue weighted by Crippen LogP contribution is -2.35. The first-order valence-corrected chi connectivity index (χ1v) is 12.0. The second kappa shape index (κ2) is 7.23. The number of piperidine rings is 1. The number of sulfonamides is 2. The fourth-order valence-electron chi connectivity index (χ4n) is 3.42. The van der Waals surface area contributed by atoms with Crippen LogP contribution < -0.4 is 4.72 Å². The molecule has 1 aliphatic rings. The van der Waals surface area contributed by atoms with Crippen LogP contribution in [0.15, 0.2) is 64.5 Å². The third kappa shape index (κ3) is 3.52. The van der Waals surface area contributed by atoms with Crippen molar-refractivity contribution in [3.63, 3.8) is 0 Å². The molecule has 2 heterocycles. The molecule has 1 aliphatic heterocycles. The molecule has 148 valence electrons. The number of nitrogens with zero attached hydrogens (tertiary/aromatic N) is 1. The standard InChI is InChI=1S/C19H21N3O4S2/c23-27(24,21-19-6-4-5-18-17(19)11-12-20-18)15-7-9-16(10-8-15)28(25,26)22-13-2-1-3-14-22/h4-12,20-21H,1-3,13-14H2. The molecule has 0 aliphatic carbocycles. The Labute approximate surface area is 164 Å². The van der Waals surface area contributed by atoms with Gasteiger partial charge in [-0.2, -0.15) is 4.31 Å². The van der Waals surface area contributed by atoms with E-state index in [0.29, 0.717) is 18.8 Å². The van der Waals surface area contributed by atoms with Crippen molar-refractivity contribution in [1.29, 1.82) is 0 Å². The van der Waals surface area contributed by atoms with Crippen molar-refractivity contribution in [1.82, 2.24) is 9.29 Å². The zero-order chi connectivity index (χ0) is 19.8. The Morgan fingerprint density at radius 1 is 0.821 bits per heavy atom. The van der Waals surface area contributed by atoms with Gasteiger partial charge >= 0.3 is 0 Å². The number of hydrogen-bond donors (Lipinski definition) is 2. The van der Waals surface area contributed by atoms with E-state index in [1.807, 2.05) is 6.07 Å². The number of aromatic amines is 1. The Hall–Kier alpha value is -2.36. The second-order valence-corrected chi connectivity index (χ2v) is 10.4. The Balaban J connectivity index is 1.60. The third-order valence-corrected chi connectivity index (χ3v) is 8.22. The van der Waals surface area contributed by atoms with E-state index in [9.17, 15) is 16.8 Å². The number of benzene rings is 2. The predicted molar refractivity (Wildman–Crippen MR) is 108 cm³/mol. The van der Waals surface area contributed by atoms with Crippen LogP contribution in [0.5, 0.6) is 0 Å². The topological polar surface area (TPSA) is 99.3 Å². The van der Waals surface area contributed by atoms with E-state index in [2.05, 4.69) is 9.71 Å². The molecule has 0 radical (unpaired) electrons. The maximum absolute atomic E-state index is 12.7. The van der Waals surface area contributed by atoms with Crippen LogP contribution in [-0.2, 0) is 20.0 Å². The van der Waals surface area contributed by atoms with Crippen molar-refractivity contribution >= 4 is 36.6 Å². The highest BCUT2D eigenvalue weighted by atomic mass is 32.2. The SMILES string of the molecule is O=S(=O)(Nc1cccc2[nH]ccc12)c1ccc(S(=O)(=O)N2CCCCC2)cc1. The molecule has 0 bridgehead atoms. The maximum Gasteiger partial charge on any atom is 0.261 e. The molecule has 1 aromatic heterocycles. The van der Waals surface area contributed by atoms with Gasteiger partial charge in [0.2, 0.25) is 10.0 Å². The van der Waals surface area contributed by atoms with Crippen molar-refractivity contribution in [2.75, 3.05) is 17.8 Å². The second-order valence-electron chi connectivity index (χ2n) is 6.79. The molecule has 0 unspecified atom stereocenters. The zero-order valence-electron chi connectivity index (χ0n) is 15.1. The highest BCUT2D eigenvalue weighted by Gasteiger charge is 2.26. The molecule has 0 saturated carbocycles. The minimum atomic E-state index is -3.84. The van der Waals surface area contributed by atoms with Gasteiger partial charge < -0.3 is 4.98 Å². The number of nitrogens with one attached hydrogen (secondary N) is 2. The highest BCUT2D eigenvalue weighted by molar-refractivity contribution is 7.92. The molecule has 1 saturated heterocycles. The van der Waals surface area contributed by atoms with Crippen LogP contribution in [0.2, 0.25) is 0 Å². The smallest absolute Gasteiger partial charge is 0.261 e. The quantitative estimate of drug-likeness (QED) is 0.664. The summed E-state index contributed by atoms with van der Waals surface area (Å²) in [7, 11) is -7.43. The van der Waals surface area contributed by atoms with E-state index >= 15 is 0 Å². The normalized spacial score (nSPS) is 16.3. The average molecular weight is 420 g/mol. The minimum Gasteiger partial charge on any atom is -0.361 e. The summed E-state index contributed by atoms with van der Waals surface area (Å²) in [6, 6.07) is 12.5. The molecule has 2 aromatic carbocycles. The fourth-order valence-corrected chi connectivity index (χ4v) is 6.02. The Morgan fingerprint density at radius 3 is 2.21 bits per heavy atom. The van der Waals surface area contributed by atoms with Gasteiger partial charge in [0.05, 0.1) is 15.5 Å². The van der Waals surface area contributed by atoms with Gasteiger partial charge in [0, 0.05) is 30.2 Å². The van der Waals surface area contributed by atoms with Crippen molar-refractivity contribution in [2.24, 2.45) is 0 Å². The van der Waals surface area contributed by atoms with E-state index < -0.39 is 20.0 Å². The summed E-state index contributed by atoms with van der Waals surface area (Å²) >= 11 is 0. The van der Waals surface area contributed by atoms with Crippen molar-refractivity contribution in [2.45, 2.75) is 29.1 Å². The largest absolute Gasteiger partial charge is 0.361 e. The molecular weight excluding hydrogens is 398 g/mol. The van der Waals surface area contributed by atoms with Crippen molar-refractivity contribution < 1.29 is 16.8 Å². The van der Waals surface area contributed by atoms with Crippen LogP contribution in [0.1, 0.15) is 19.3 Å². The highest BCUT2D eigenvalue weighted by Crippen LogP contribution is 2.26.